The number of fused-ring (bicyclic) bond motifs is 3. The third-order valence-electron chi connectivity index (χ3n) is 7.14. The second-order valence-corrected chi connectivity index (χ2v) is 10.7. The maximum absolute atomic E-state index is 16.2. The molecule has 3 N–H and O–H groups in total. The highest BCUT2D eigenvalue weighted by Gasteiger charge is 2.35. The van der Waals surface area contributed by atoms with E-state index >= 15 is 4.39 Å². The molecule has 0 spiro atoms. The lowest BCUT2D eigenvalue weighted by atomic mass is 9.94. The van der Waals surface area contributed by atoms with Crippen molar-refractivity contribution in [2.24, 2.45) is 5.73 Å². The van der Waals surface area contributed by atoms with Gasteiger partial charge in [0, 0.05) is 46.3 Å². The lowest BCUT2D eigenvalue weighted by Crippen LogP contribution is -2.20. The lowest BCUT2D eigenvalue weighted by molar-refractivity contribution is -0.142. The van der Waals surface area contributed by atoms with Gasteiger partial charge in [-0.15, -0.1) is 0 Å². The maximum Gasteiger partial charge on any atom is 0.389 e. The van der Waals surface area contributed by atoms with Crippen LogP contribution in [0.25, 0.3) is 32.9 Å². The van der Waals surface area contributed by atoms with Crippen LogP contribution < -0.4 is 5.73 Å². The molecule has 6 nitrogen and oxygen atoms in total. The van der Waals surface area contributed by atoms with E-state index in [4.69, 9.17) is 10.3 Å². The Bertz CT molecular complexity index is 1590. The molecule has 4 aromatic rings. The van der Waals surface area contributed by atoms with Gasteiger partial charge in [0.15, 0.2) is 5.82 Å². The van der Waals surface area contributed by atoms with Gasteiger partial charge in [-0.05, 0) is 58.2 Å². The van der Waals surface area contributed by atoms with E-state index in [1.807, 2.05) is 0 Å². The van der Waals surface area contributed by atoms with Crippen LogP contribution in [0.3, 0.4) is 0 Å². The number of hydrogen-bond donors (Lipinski definition) is 2. The molecule has 0 aliphatic heterocycles. The van der Waals surface area contributed by atoms with Crippen LogP contribution in [0.5, 0.6) is 0 Å². The molecule has 4 rings (SSSR count). The number of aromatic nitrogens is 2. The van der Waals surface area contributed by atoms with E-state index in [0.29, 0.717) is 22.6 Å². The molecule has 0 saturated heterocycles. The summed E-state index contributed by atoms with van der Waals surface area (Å²) in [5.41, 5.74) is 4.41. The molecule has 0 radical (unpaired) electrons. The number of rotatable bonds is 8. The first-order chi connectivity index (χ1) is 18.8. The van der Waals surface area contributed by atoms with Crippen LogP contribution >= 0.6 is 0 Å². The third-order valence-corrected chi connectivity index (χ3v) is 7.14. The van der Waals surface area contributed by atoms with Crippen LogP contribution in [0.4, 0.5) is 30.7 Å². The van der Waals surface area contributed by atoms with E-state index < -0.39 is 61.4 Å². The van der Waals surface area contributed by atoms with Crippen LogP contribution in [0, 0.1) is 19.7 Å². The molecule has 0 aliphatic carbocycles. The number of alkyl halides is 6. The highest BCUT2D eigenvalue weighted by atomic mass is 19.4. The monoisotopic (exact) mass is 587 g/mol. The Morgan fingerprint density at radius 2 is 1.63 bits per heavy atom. The fourth-order valence-electron chi connectivity index (χ4n) is 5.37. The van der Waals surface area contributed by atoms with Crippen molar-refractivity contribution < 1.29 is 45.2 Å². The molecule has 222 valence electrons. The summed E-state index contributed by atoms with van der Waals surface area (Å²) < 4.78 is 103. The highest BCUT2D eigenvalue weighted by Crippen LogP contribution is 2.44. The van der Waals surface area contributed by atoms with Crippen LogP contribution in [-0.2, 0) is 5.60 Å². The Morgan fingerprint density at radius 3 is 2.10 bits per heavy atom. The Morgan fingerprint density at radius 1 is 1.05 bits per heavy atom. The summed E-state index contributed by atoms with van der Waals surface area (Å²) in [4.78, 5) is 12.7. The van der Waals surface area contributed by atoms with Crippen LogP contribution in [0.15, 0.2) is 28.8 Å². The highest BCUT2D eigenvalue weighted by molar-refractivity contribution is 6.19. The molecular weight excluding hydrogens is 559 g/mol. The Balaban J connectivity index is 2.18. The van der Waals surface area contributed by atoms with Crippen molar-refractivity contribution in [3.05, 3.63) is 52.7 Å². The zero-order valence-corrected chi connectivity index (χ0v) is 22.6. The predicted molar refractivity (Wildman–Crippen MR) is 138 cm³/mol. The summed E-state index contributed by atoms with van der Waals surface area (Å²) in [5, 5.41) is 14.6. The number of hydrogen-bond acceptors (Lipinski definition) is 4. The number of aryl methyl sites for hydroxylation is 2. The van der Waals surface area contributed by atoms with Crippen LogP contribution in [0.2, 0.25) is 0 Å². The van der Waals surface area contributed by atoms with E-state index in [9.17, 15) is 36.2 Å². The van der Waals surface area contributed by atoms with E-state index in [-0.39, 0.29) is 32.9 Å². The average molecular weight is 588 g/mol. The minimum atomic E-state index is -4.70. The fraction of sp³-hybridized carbons (Fsp3) is 0.429. The Hall–Kier alpha value is -3.61. The molecule has 0 atom stereocenters. The summed E-state index contributed by atoms with van der Waals surface area (Å²) in [6.45, 7) is 5.78. The molecule has 0 saturated carbocycles. The summed E-state index contributed by atoms with van der Waals surface area (Å²) in [6, 6.07) is 3.99. The molecule has 0 fully saturated rings. The van der Waals surface area contributed by atoms with E-state index in [1.54, 1.807) is 13.8 Å². The minimum Gasteiger partial charge on any atom is -0.386 e. The van der Waals surface area contributed by atoms with Crippen LogP contribution in [-0.4, -0.2) is 33.1 Å². The molecule has 0 bridgehead atoms. The van der Waals surface area contributed by atoms with Crippen molar-refractivity contribution in [2.75, 3.05) is 0 Å². The zero-order valence-electron chi connectivity index (χ0n) is 22.6. The third kappa shape index (κ3) is 6.04. The smallest absolute Gasteiger partial charge is 0.386 e. The second kappa shape index (κ2) is 10.3. The van der Waals surface area contributed by atoms with Crippen molar-refractivity contribution in [3.63, 3.8) is 0 Å². The number of benzene rings is 2. The van der Waals surface area contributed by atoms with E-state index in [1.165, 1.54) is 38.1 Å². The Labute approximate surface area is 229 Å². The summed E-state index contributed by atoms with van der Waals surface area (Å²) in [5.74, 6) is -1.65. The normalized spacial score (nSPS) is 13.2. The van der Waals surface area contributed by atoms with Gasteiger partial charge < -0.3 is 19.9 Å². The second-order valence-electron chi connectivity index (χ2n) is 10.7. The van der Waals surface area contributed by atoms with Gasteiger partial charge >= 0.3 is 12.4 Å². The average Bonchev–Trinajstić information content (AvgIpc) is 3.33. The molecule has 13 heteroatoms. The molecular formula is C28H28F7N3O3. The lowest BCUT2D eigenvalue weighted by Gasteiger charge is -2.25. The molecule has 0 aliphatic rings. The number of halogens is 7. The number of carbonyl (C=O) groups excluding carboxylic acids is 1. The summed E-state index contributed by atoms with van der Waals surface area (Å²) >= 11 is 0. The van der Waals surface area contributed by atoms with Crippen molar-refractivity contribution in [3.8, 4) is 11.1 Å². The van der Waals surface area contributed by atoms with Gasteiger partial charge in [-0.2, -0.15) is 26.3 Å². The number of primary amides is 1. The molecule has 2 aromatic heterocycles. The minimum absolute atomic E-state index is 0.00689. The zero-order chi connectivity index (χ0) is 30.7. The largest absolute Gasteiger partial charge is 0.389 e. The number of aliphatic hydroxyl groups is 1. The quantitative estimate of drug-likeness (QED) is 0.206. The number of amides is 1. The first kappa shape index (κ1) is 30.4. The SMILES string of the molecule is Cc1noc(C)c1-c1cc(C(N)=O)c2c3ccc(C(C)(C)O)c(F)c3n(C(CCC(F)(F)F)CCC(F)(F)F)c2c1. The first-order valence-corrected chi connectivity index (χ1v) is 12.7. The molecule has 2 heterocycles. The van der Waals surface area contributed by atoms with Gasteiger partial charge in [0.1, 0.15) is 5.76 Å². The number of nitrogens with zero attached hydrogens (tertiary/aromatic N) is 2. The fourth-order valence-corrected chi connectivity index (χ4v) is 5.37. The summed E-state index contributed by atoms with van der Waals surface area (Å²) in [7, 11) is 0. The van der Waals surface area contributed by atoms with Crippen molar-refractivity contribution in [1.82, 2.24) is 9.72 Å². The number of carbonyl (C=O) groups is 1. The predicted octanol–water partition coefficient (Wildman–Crippen LogP) is 7.76. The standard InChI is InChI=1S/C28H28F7N3O3/c1-13-21(14(2)41-37-13)15-11-18(25(36)39)22-17-5-6-19(26(3,4)40)23(29)24(17)38(20(22)12-15)16(7-9-27(30,31)32)8-10-28(33,34)35/h5-6,11-12,16,40H,7-10H2,1-4H3,(H2,36,39). The van der Waals surface area contributed by atoms with Crippen molar-refractivity contribution >= 4 is 27.7 Å². The van der Waals surface area contributed by atoms with Gasteiger partial charge in [-0.1, -0.05) is 17.3 Å². The molecule has 2 aromatic carbocycles. The van der Waals surface area contributed by atoms with Gasteiger partial charge in [-0.25, -0.2) is 4.39 Å². The van der Waals surface area contributed by atoms with Gasteiger partial charge in [0.2, 0.25) is 5.91 Å². The van der Waals surface area contributed by atoms with Crippen molar-refractivity contribution in [2.45, 2.75) is 77.4 Å². The summed E-state index contributed by atoms with van der Waals surface area (Å²) in [6.07, 6.45) is -13.9. The van der Waals surface area contributed by atoms with Gasteiger partial charge in [0.05, 0.1) is 22.3 Å². The van der Waals surface area contributed by atoms with E-state index in [2.05, 4.69) is 5.16 Å². The maximum atomic E-state index is 16.2. The van der Waals surface area contributed by atoms with Crippen molar-refractivity contribution in [1.29, 1.82) is 0 Å². The van der Waals surface area contributed by atoms with Crippen LogP contribution in [0.1, 0.15) is 72.9 Å². The van der Waals surface area contributed by atoms with Gasteiger partial charge in [0.25, 0.3) is 0 Å². The Kier molecular flexibility index (Phi) is 7.65. The number of nitrogens with two attached hydrogens (primary N) is 1. The topological polar surface area (TPSA) is 94.3 Å². The van der Waals surface area contributed by atoms with E-state index in [0.717, 1.165) is 4.57 Å². The van der Waals surface area contributed by atoms with Gasteiger partial charge in [-0.3, -0.25) is 4.79 Å². The molecule has 41 heavy (non-hydrogen) atoms. The molecule has 0 unspecified atom stereocenters. The molecule has 1 amide bonds. The first-order valence-electron chi connectivity index (χ1n) is 12.7.